The molecule has 1 aromatic rings. The van der Waals surface area contributed by atoms with Crippen LogP contribution in [0.25, 0.3) is 0 Å². The molecule has 1 saturated heterocycles. The molecule has 9 nitrogen and oxygen atoms in total. The van der Waals surface area contributed by atoms with E-state index >= 15 is 0 Å². The van der Waals surface area contributed by atoms with Crippen molar-refractivity contribution in [2.45, 2.75) is 38.4 Å². The van der Waals surface area contributed by atoms with Crippen LogP contribution in [0, 0.1) is 5.41 Å². The number of anilines is 1. The zero-order valence-electron chi connectivity index (χ0n) is 13.7. The topological polar surface area (TPSA) is 127 Å². The Morgan fingerprint density at radius 3 is 2.83 bits per heavy atom. The third-order valence-corrected chi connectivity index (χ3v) is 4.28. The van der Waals surface area contributed by atoms with E-state index < -0.39 is 24.5 Å². The summed E-state index contributed by atoms with van der Waals surface area (Å²) in [5.41, 5.74) is 1.63. The molecule has 4 atom stereocenters. The summed E-state index contributed by atoms with van der Waals surface area (Å²) in [7, 11) is 0. The van der Waals surface area contributed by atoms with Crippen LogP contribution in [-0.2, 0) is 4.74 Å². The van der Waals surface area contributed by atoms with Crippen molar-refractivity contribution in [3.63, 3.8) is 0 Å². The molecular formula is C15H23N5O4. The maximum absolute atomic E-state index is 10.2. The Bertz CT molecular complexity index is 654. The number of amidine groups is 1. The third kappa shape index (κ3) is 2.80. The van der Waals surface area contributed by atoms with Crippen molar-refractivity contribution in [2.75, 3.05) is 25.1 Å². The lowest BCUT2D eigenvalue weighted by molar-refractivity contribution is -0.0519. The minimum atomic E-state index is -1.18. The maximum Gasteiger partial charge on any atom is 0.165 e. The first-order valence-corrected chi connectivity index (χ1v) is 7.84. The van der Waals surface area contributed by atoms with Gasteiger partial charge in [0.15, 0.2) is 12.1 Å². The Hall–Kier alpha value is -1.94. The fourth-order valence-electron chi connectivity index (χ4n) is 2.86. The van der Waals surface area contributed by atoms with Gasteiger partial charge in [0.25, 0.3) is 0 Å². The van der Waals surface area contributed by atoms with Gasteiger partial charge in [-0.25, -0.2) is 4.98 Å². The van der Waals surface area contributed by atoms with E-state index in [1.165, 1.54) is 11.9 Å². The molecule has 2 aliphatic heterocycles. The maximum atomic E-state index is 10.2. The van der Waals surface area contributed by atoms with E-state index in [0.29, 0.717) is 24.7 Å². The van der Waals surface area contributed by atoms with Gasteiger partial charge >= 0.3 is 0 Å². The Balaban J connectivity index is 1.83. The monoisotopic (exact) mass is 337 g/mol. The zero-order chi connectivity index (χ0) is 17.4. The molecule has 3 rings (SSSR count). The molecule has 9 heteroatoms. The van der Waals surface area contributed by atoms with E-state index in [4.69, 9.17) is 10.1 Å². The Kier molecular flexibility index (Phi) is 4.59. The second kappa shape index (κ2) is 6.52. The van der Waals surface area contributed by atoms with Crippen molar-refractivity contribution < 1.29 is 20.1 Å². The van der Waals surface area contributed by atoms with Crippen LogP contribution in [0.3, 0.4) is 0 Å². The molecule has 24 heavy (non-hydrogen) atoms. The van der Waals surface area contributed by atoms with Gasteiger partial charge in [0.1, 0.15) is 29.8 Å². The Morgan fingerprint density at radius 2 is 2.21 bits per heavy atom. The molecular weight excluding hydrogens is 314 g/mol. The van der Waals surface area contributed by atoms with E-state index in [9.17, 15) is 15.3 Å². The van der Waals surface area contributed by atoms with Gasteiger partial charge in [-0.1, -0.05) is 11.6 Å². The second-order valence-corrected chi connectivity index (χ2v) is 6.27. The SMILES string of the molecule is CC(C)=CCN1CNc2c(ncn2[C@@H]2O[C@H](CO)[C@@H](O)[C@H]2O)C1=N. The van der Waals surface area contributed by atoms with Gasteiger partial charge in [-0.05, 0) is 13.8 Å². The number of imidazole rings is 1. The molecule has 0 spiro atoms. The zero-order valence-corrected chi connectivity index (χ0v) is 13.7. The van der Waals surface area contributed by atoms with E-state index in [2.05, 4.69) is 10.3 Å². The molecule has 1 fully saturated rings. The number of hydrogen-bond acceptors (Lipinski definition) is 7. The second-order valence-electron chi connectivity index (χ2n) is 6.27. The number of allylic oxidation sites excluding steroid dienone is 1. The first-order chi connectivity index (χ1) is 11.4. The van der Waals surface area contributed by atoms with Gasteiger partial charge in [0, 0.05) is 6.54 Å². The molecule has 132 valence electrons. The molecule has 5 N–H and O–H groups in total. The van der Waals surface area contributed by atoms with Crippen LogP contribution in [0.15, 0.2) is 18.0 Å². The number of aliphatic hydroxyl groups is 3. The highest BCUT2D eigenvalue weighted by Gasteiger charge is 2.44. The minimum Gasteiger partial charge on any atom is -0.394 e. The summed E-state index contributed by atoms with van der Waals surface area (Å²) in [4.78, 5) is 6.09. The summed E-state index contributed by atoms with van der Waals surface area (Å²) >= 11 is 0. The highest BCUT2D eigenvalue weighted by Crippen LogP contribution is 2.33. The van der Waals surface area contributed by atoms with Crippen molar-refractivity contribution in [2.24, 2.45) is 0 Å². The molecule has 0 amide bonds. The van der Waals surface area contributed by atoms with Gasteiger partial charge in [-0.2, -0.15) is 0 Å². The first-order valence-electron chi connectivity index (χ1n) is 7.84. The molecule has 0 unspecified atom stereocenters. The number of ether oxygens (including phenoxy) is 1. The molecule has 0 saturated carbocycles. The van der Waals surface area contributed by atoms with Gasteiger partial charge < -0.3 is 30.3 Å². The van der Waals surface area contributed by atoms with Crippen molar-refractivity contribution >= 4 is 11.7 Å². The van der Waals surface area contributed by atoms with Crippen molar-refractivity contribution in [1.29, 1.82) is 5.41 Å². The smallest absolute Gasteiger partial charge is 0.165 e. The molecule has 0 aromatic carbocycles. The standard InChI is InChI=1S/C15H23N5O4/c1-8(2)3-4-19-6-18-14-10(13(19)16)17-7-20(14)15-12(23)11(22)9(5-21)24-15/h3,7,9,11-12,15-16,18,21-23H,4-6H2,1-2H3/t9-,11-,12-,15-/m1/s1. The van der Waals surface area contributed by atoms with Crippen LogP contribution in [0.1, 0.15) is 25.8 Å². The third-order valence-electron chi connectivity index (χ3n) is 4.28. The normalized spacial score (nSPS) is 29.4. The van der Waals surface area contributed by atoms with Crippen LogP contribution < -0.4 is 5.32 Å². The van der Waals surface area contributed by atoms with Gasteiger partial charge in [-0.15, -0.1) is 0 Å². The minimum absolute atomic E-state index is 0.284. The summed E-state index contributed by atoms with van der Waals surface area (Å²) in [6, 6.07) is 0. The van der Waals surface area contributed by atoms with Crippen LogP contribution in [0.5, 0.6) is 0 Å². The number of hydrogen-bond donors (Lipinski definition) is 5. The fraction of sp³-hybridized carbons (Fsp3) is 0.600. The lowest BCUT2D eigenvalue weighted by Gasteiger charge is -2.30. The largest absolute Gasteiger partial charge is 0.394 e. The van der Waals surface area contributed by atoms with E-state index in [0.717, 1.165) is 0 Å². The molecule has 0 aliphatic carbocycles. The lowest BCUT2D eigenvalue weighted by atomic mass is 10.1. The fourth-order valence-corrected chi connectivity index (χ4v) is 2.86. The number of aliphatic hydroxyl groups excluding tert-OH is 3. The van der Waals surface area contributed by atoms with Gasteiger partial charge in [0.2, 0.25) is 0 Å². The molecule has 2 aliphatic rings. The molecule has 0 bridgehead atoms. The van der Waals surface area contributed by atoms with Crippen LogP contribution in [-0.4, -0.2) is 73.7 Å². The van der Waals surface area contributed by atoms with E-state index in [1.54, 1.807) is 4.57 Å². The lowest BCUT2D eigenvalue weighted by Crippen LogP contribution is -2.41. The van der Waals surface area contributed by atoms with Crippen molar-refractivity contribution in [1.82, 2.24) is 14.5 Å². The van der Waals surface area contributed by atoms with Crippen LogP contribution in [0.2, 0.25) is 0 Å². The van der Waals surface area contributed by atoms with Crippen molar-refractivity contribution in [3.05, 3.63) is 23.7 Å². The number of nitrogens with one attached hydrogen (secondary N) is 2. The van der Waals surface area contributed by atoms with Crippen LogP contribution >= 0.6 is 0 Å². The summed E-state index contributed by atoms with van der Waals surface area (Å²) < 4.78 is 7.09. The van der Waals surface area contributed by atoms with Crippen molar-refractivity contribution in [3.8, 4) is 0 Å². The summed E-state index contributed by atoms with van der Waals surface area (Å²) in [6.07, 6.45) is -0.560. The number of nitrogens with zero attached hydrogens (tertiary/aromatic N) is 3. The number of rotatable bonds is 4. The van der Waals surface area contributed by atoms with E-state index in [-0.39, 0.29) is 12.4 Å². The Morgan fingerprint density at radius 1 is 1.46 bits per heavy atom. The van der Waals surface area contributed by atoms with Crippen LogP contribution in [0.4, 0.5) is 5.82 Å². The highest BCUT2D eigenvalue weighted by atomic mass is 16.6. The first kappa shape index (κ1) is 16.9. The summed E-state index contributed by atoms with van der Waals surface area (Å²) in [6.45, 7) is 4.65. The highest BCUT2D eigenvalue weighted by molar-refractivity contribution is 6.00. The predicted octanol–water partition coefficient (Wildman–Crippen LogP) is -0.529. The predicted molar refractivity (Wildman–Crippen MR) is 86.7 cm³/mol. The van der Waals surface area contributed by atoms with E-state index in [1.807, 2.05) is 24.8 Å². The van der Waals surface area contributed by atoms with Gasteiger partial charge in [-0.3, -0.25) is 9.98 Å². The quantitative estimate of drug-likeness (QED) is 0.468. The number of fused-ring (bicyclic) bond motifs is 1. The van der Waals surface area contributed by atoms with Gasteiger partial charge in [0.05, 0.1) is 19.6 Å². The number of aromatic nitrogens is 2. The molecule has 1 aromatic heterocycles. The Labute approximate surface area is 139 Å². The average Bonchev–Trinajstić information content (AvgIpc) is 3.09. The molecule has 3 heterocycles. The summed E-state index contributed by atoms with van der Waals surface area (Å²) in [5.74, 6) is 0.843. The average molecular weight is 337 g/mol. The molecule has 0 radical (unpaired) electrons. The summed E-state index contributed by atoms with van der Waals surface area (Å²) in [5, 5.41) is 40.8.